The molecule has 1 fully saturated rings. The fourth-order valence-electron chi connectivity index (χ4n) is 9.90. The van der Waals surface area contributed by atoms with E-state index in [4.69, 9.17) is 51.6 Å². The molecule has 2 heterocycles. The summed E-state index contributed by atoms with van der Waals surface area (Å²) in [5.41, 5.74) is 51.1. The smallest absolute Gasteiger partial charge is 0.469 e. The van der Waals surface area contributed by atoms with Crippen LogP contribution in [0.15, 0.2) is 46.8 Å². The third-order valence-corrected chi connectivity index (χ3v) is 15.6. The number of likely N-dealkylation sites (tertiary alicyclic amines) is 1. The zero-order valence-corrected chi connectivity index (χ0v) is 55.5. The van der Waals surface area contributed by atoms with Crippen molar-refractivity contribution >= 4 is 90.6 Å². The highest BCUT2D eigenvalue weighted by molar-refractivity contribution is 7.46. The molecule has 2 aromatic rings. The lowest BCUT2D eigenvalue weighted by atomic mass is 10.0. The molecule has 552 valence electrons. The number of phosphoric ester groups is 1. The minimum absolute atomic E-state index is 0.0150. The number of carbonyl (C=O) groups is 12. The molecule has 32 N–H and O–H groups in total. The molecule has 0 spiro atoms. The molecule has 1 aliphatic heterocycles. The molecule has 1 saturated heterocycles. The number of aliphatic imine (C=N–C) groups is 2. The van der Waals surface area contributed by atoms with Crippen molar-refractivity contribution in [2.24, 2.45) is 61.6 Å². The fourth-order valence-corrected chi connectivity index (χ4v) is 10.2. The average molecular weight is 1420 g/mol. The number of amides is 12. The van der Waals surface area contributed by atoms with E-state index in [1.165, 1.54) is 36.8 Å². The molecule has 99 heavy (non-hydrogen) atoms. The number of nitrogens with zero attached hydrogens (tertiary/aromatic N) is 4. The van der Waals surface area contributed by atoms with E-state index in [1.54, 1.807) is 0 Å². The first-order valence-corrected chi connectivity index (χ1v) is 33.3. The zero-order chi connectivity index (χ0) is 73.8. The number of imidazole rings is 1. The molecule has 42 heteroatoms. The first-order chi connectivity index (χ1) is 46.9. The third kappa shape index (κ3) is 32.1. The van der Waals surface area contributed by atoms with E-state index in [2.05, 4.69) is 72.3 Å². The number of H-pyrrole nitrogens is 1. The van der Waals surface area contributed by atoms with Gasteiger partial charge in [-0.2, -0.15) is 0 Å². The van der Waals surface area contributed by atoms with Gasteiger partial charge in [0.25, 0.3) is 0 Å². The molecule has 0 bridgehead atoms. The maximum absolute atomic E-state index is 14.4. The standard InChI is InChI=1S/C57H96N23O18P/c58-19-3-1-8-34(60)47(86)76-38(11-6-22-69-57(65)66)55(94)80-23-7-12-43(80)54(93)79-42(29-98-99(95,96)97)53(92)75-37(17-18-44(61)83)51(90)73-36(10-5-21-68-56(63)64)50(89)78-40(25-32-26-67-30-71-32)48(87)70-27-45(84)72-41(28-81)52(91)74-35(9-2-4-20-59)49(88)77-39(46(62)85)24-31-13-15-33(82)16-14-31/h13-16,26,30,34-43,81-82H,1-12,17-25,27-29,58-60H2,(H2,61,83)(H2,62,85)(H,67,71)(H,70,87)(H,72,84)(H,73,90)(H,74,91)(H,75,92)(H,76,86)(H,77,88)(H,78,89)(H,79,93)(H4,63,64,68)(H4,65,66,69)(H2,95,96,97)/t34-,35-,36-,37-,38-,39-,40-,41-,42-,43-/m0/s1. The maximum Gasteiger partial charge on any atom is 0.469 e. The molecular weight excluding hydrogens is 1330 g/mol. The highest BCUT2D eigenvalue weighted by Crippen LogP contribution is 2.35. The number of guanidine groups is 2. The lowest BCUT2D eigenvalue weighted by Crippen LogP contribution is -2.60. The molecule has 0 radical (unpaired) electrons. The normalized spacial score (nSPS) is 15.5. The van der Waals surface area contributed by atoms with Crippen molar-refractivity contribution in [1.29, 1.82) is 0 Å². The summed E-state index contributed by atoms with van der Waals surface area (Å²) in [5.74, 6) is -12.7. The number of primary amides is 2. The van der Waals surface area contributed by atoms with E-state index >= 15 is 0 Å². The second kappa shape index (κ2) is 43.6. The van der Waals surface area contributed by atoms with E-state index in [0.29, 0.717) is 37.8 Å². The number of benzene rings is 1. The topological polar surface area (TPSA) is 711 Å². The van der Waals surface area contributed by atoms with E-state index in [0.717, 1.165) is 4.90 Å². The third-order valence-electron chi connectivity index (χ3n) is 15.1. The van der Waals surface area contributed by atoms with Crippen LogP contribution < -0.4 is 99.5 Å². The number of phenols is 1. The summed E-state index contributed by atoms with van der Waals surface area (Å²) in [6, 6.07) is -9.49. The van der Waals surface area contributed by atoms with Gasteiger partial charge in [0.1, 0.15) is 60.1 Å². The van der Waals surface area contributed by atoms with Crippen molar-refractivity contribution in [3.8, 4) is 5.75 Å². The number of aromatic hydroxyl groups is 1. The Morgan fingerprint density at radius 2 is 1.13 bits per heavy atom. The molecule has 12 amide bonds. The predicted octanol–water partition coefficient (Wildman–Crippen LogP) is -9.57. The van der Waals surface area contributed by atoms with Crippen LogP contribution in [0, 0.1) is 0 Å². The van der Waals surface area contributed by atoms with Gasteiger partial charge in [0.2, 0.25) is 70.9 Å². The Balaban J connectivity index is 1.88. The second-order valence-electron chi connectivity index (χ2n) is 23.1. The van der Waals surface area contributed by atoms with Gasteiger partial charge in [0.15, 0.2) is 11.9 Å². The molecule has 41 nitrogen and oxygen atoms in total. The fraction of sp³-hybridized carbons (Fsp3) is 0.596. The molecular formula is C57H96N23O18P. The van der Waals surface area contributed by atoms with Gasteiger partial charge >= 0.3 is 7.82 Å². The number of rotatable bonds is 47. The Morgan fingerprint density at radius 1 is 0.616 bits per heavy atom. The van der Waals surface area contributed by atoms with Crippen molar-refractivity contribution in [3.05, 3.63) is 48.0 Å². The van der Waals surface area contributed by atoms with Crippen molar-refractivity contribution in [3.63, 3.8) is 0 Å². The van der Waals surface area contributed by atoms with Gasteiger partial charge in [-0.1, -0.05) is 18.6 Å². The molecule has 0 aliphatic carbocycles. The van der Waals surface area contributed by atoms with Gasteiger partial charge in [-0.05, 0) is 108 Å². The lowest BCUT2D eigenvalue weighted by molar-refractivity contribution is -0.142. The van der Waals surface area contributed by atoms with E-state index < -0.39 is 172 Å². The van der Waals surface area contributed by atoms with Crippen LogP contribution in [0.2, 0.25) is 0 Å². The summed E-state index contributed by atoms with van der Waals surface area (Å²) in [7, 11) is -5.43. The summed E-state index contributed by atoms with van der Waals surface area (Å²) < 4.78 is 16.7. The first kappa shape index (κ1) is 83.6. The highest BCUT2D eigenvalue weighted by atomic mass is 31.2. The Morgan fingerprint density at radius 3 is 1.66 bits per heavy atom. The number of aliphatic hydroxyl groups is 1. The van der Waals surface area contributed by atoms with Gasteiger partial charge in [-0.15, -0.1) is 0 Å². The number of nitrogens with two attached hydrogens (primary N) is 9. The SMILES string of the molecule is NCCCC[C@H](NC(=O)[C@H](CO)NC(=O)CNC(=O)[C@H](Cc1cnc[nH]1)NC(=O)[C@H](CCCN=C(N)N)NC(=O)[C@H](CCC(N)=O)NC(=O)[C@H](COP(=O)(O)O)NC(=O)[C@@H]1CCCN1C(=O)[C@H](CCCN=C(N)N)NC(=O)[C@@H](N)CCCCN)C(=O)N[C@@H](Cc1ccc(O)cc1)C(N)=O. The van der Waals surface area contributed by atoms with Crippen molar-refractivity contribution in [2.75, 3.05) is 52.5 Å². The second-order valence-corrected chi connectivity index (χ2v) is 24.3. The van der Waals surface area contributed by atoms with Crippen molar-refractivity contribution in [1.82, 2.24) is 62.7 Å². The van der Waals surface area contributed by atoms with E-state index in [-0.39, 0.29) is 114 Å². The monoisotopic (exact) mass is 1420 g/mol. The molecule has 1 aliphatic rings. The Labute approximate surface area is 569 Å². The molecule has 1 aromatic heterocycles. The number of aliphatic hydroxyl groups excluding tert-OH is 1. The molecule has 0 unspecified atom stereocenters. The van der Waals surface area contributed by atoms with E-state index in [1.807, 2.05) is 0 Å². The number of aromatic amines is 1. The lowest BCUT2D eigenvalue weighted by Gasteiger charge is -2.30. The van der Waals surface area contributed by atoms with Gasteiger partial charge in [0, 0.05) is 50.8 Å². The number of carbonyl (C=O) groups excluding carboxylic acids is 12. The zero-order valence-electron chi connectivity index (χ0n) is 54.6. The summed E-state index contributed by atoms with van der Waals surface area (Å²) in [4.78, 5) is 199. The quantitative estimate of drug-likeness (QED) is 0.0127. The van der Waals surface area contributed by atoms with Gasteiger partial charge in [0.05, 0.1) is 32.1 Å². The van der Waals surface area contributed by atoms with E-state index in [9.17, 15) is 82.1 Å². The number of hydrogen-bond donors (Lipinski definition) is 23. The number of phosphoric acid groups is 1. The summed E-state index contributed by atoms with van der Waals surface area (Å²) in [6.45, 7) is -2.72. The summed E-state index contributed by atoms with van der Waals surface area (Å²) in [5, 5.41) is 41.6. The minimum Gasteiger partial charge on any atom is -0.508 e. The van der Waals surface area contributed by atoms with Crippen LogP contribution in [0.4, 0.5) is 0 Å². The Hall–Kier alpha value is -9.64. The van der Waals surface area contributed by atoms with Crippen LogP contribution in [0.25, 0.3) is 0 Å². The average Bonchev–Trinajstić information content (AvgIpc) is 1.75. The van der Waals surface area contributed by atoms with Crippen LogP contribution in [0.3, 0.4) is 0 Å². The van der Waals surface area contributed by atoms with Gasteiger partial charge in [-0.25, -0.2) is 9.55 Å². The number of aromatic nitrogens is 2. The molecule has 10 atom stereocenters. The highest BCUT2D eigenvalue weighted by Gasteiger charge is 2.41. The Kier molecular flexibility index (Phi) is 36.8. The molecule has 0 saturated carbocycles. The molecule has 3 rings (SSSR count). The number of phenolic OH excluding ortho intramolecular Hbond substituents is 1. The minimum atomic E-state index is -5.43. The summed E-state index contributed by atoms with van der Waals surface area (Å²) in [6.07, 6.45) is 2.88. The van der Waals surface area contributed by atoms with Crippen LogP contribution in [-0.4, -0.2) is 231 Å². The van der Waals surface area contributed by atoms with Crippen LogP contribution in [-0.2, 0) is 79.5 Å². The Bertz CT molecular complexity index is 3120. The number of unbranched alkanes of at least 4 members (excludes halogenated alkanes) is 2. The summed E-state index contributed by atoms with van der Waals surface area (Å²) >= 11 is 0. The van der Waals surface area contributed by atoms with Crippen molar-refractivity contribution in [2.45, 2.75) is 163 Å². The first-order valence-electron chi connectivity index (χ1n) is 31.8. The largest absolute Gasteiger partial charge is 0.508 e. The van der Waals surface area contributed by atoms with Gasteiger partial charge < -0.3 is 129 Å². The predicted molar refractivity (Wildman–Crippen MR) is 354 cm³/mol. The number of hydrogen-bond acceptors (Lipinski definition) is 22. The molecule has 1 aromatic carbocycles. The van der Waals surface area contributed by atoms with Crippen LogP contribution >= 0.6 is 7.82 Å². The van der Waals surface area contributed by atoms with Crippen molar-refractivity contribution < 1.29 is 86.6 Å². The van der Waals surface area contributed by atoms with Crippen LogP contribution in [0.5, 0.6) is 5.75 Å². The number of nitrogens with one attached hydrogen (secondary N) is 10. The van der Waals surface area contributed by atoms with Gasteiger partial charge in [-0.3, -0.25) is 72.0 Å². The maximum atomic E-state index is 14.4. The van der Waals surface area contributed by atoms with Crippen LogP contribution in [0.1, 0.15) is 101 Å².